The lowest BCUT2D eigenvalue weighted by Gasteiger charge is -2.24. The van der Waals surface area contributed by atoms with E-state index in [2.05, 4.69) is 16.9 Å². The van der Waals surface area contributed by atoms with Crippen LogP contribution in [0, 0.1) is 5.82 Å². The van der Waals surface area contributed by atoms with E-state index >= 15 is 0 Å². The molecule has 0 N–H and O–H groups in total. The standard InChI is InChI=1S/C19H17F6N3O3S/c1-26-27-18(31-11-17(21)22)12-6-7-13(16(20)8-12)10-28(32(2,29)30)15-5-3-4-14(9-15)19(23,24)25/h3-9,17H,1,10-11H2,2H3/b27-18-. The minimum Gasteiger partial charge on any atom is -0.470 e. The molecule has 13 heteroatoms. The third-order valence-corrected chi connectivity index (χ3v) is 5.12. The van der Waals surface area contributed by atoms with Crippen LogP contribution in [-0.2, 0) is 27.5 Å². The van der Waals surface area contributed by atoms with Gasteiger partial charge in [-0.3, -0.25) is 4.31 Å². The van der Waals surface area contributed by atoms with Crippen molar-refractivity contribution >= 4 is 28.3 Å². The van der Waals surface area contributed by atoms with Crippen LogP contribution in [-0.4, -0.2) is 40.3 Å². The molecule has 0 heterocycles. The molecule has 174 valence electrons. The van der Waals surface area contributed by atoms with Crippen molar-refractivity contribution in [3.05, 3.63) is 65.0 Å². The molecular weight excluding hydrogens is 464 g/mol. The van der Waals surface area contributed by atoms with Crippen LogP contribution in [0.3, 0.4) is 0 Å². The van der Waals surface area contributed by atoms with Gasteiger partial charge < -0.3 is 4.74 Å². The molecule has 0 aliphatic heterocycles. The van der Waals surface area contributed by atoms with Crippen LogP contribution in [0.5, 0.6) is 0 Å². The second kappa shape index (κ2) is 10.0. The van der Waals surface area contributed by atoms with Gasteiger partial charge in [0.2, 0.25) is 15.9 Å². The fourth-order valence-electron chi connectivity index (χ4n) is 2.58. The Balaban J connectivity index is 2.40. The first-order chi connectivity index (χ1) is 14.8. The Hall–Kier alpha value is -3.09. The van der Waals surface area contributed by atoms with Crippen LogP contribution in [0.2, 0.25) is 0 Å². The average molecular weight is 481 g/mol. The fourth-order valence-corrected chi connectivity index (χ4v) is 3.45. The summed E-state index contributed by atoms with van der Waals surface area (Å²) in [4.78, 5) is 0. The summed E-state index contributed by atoms with van der Waals surface area (Å²) >= 11 is 0. The number of sulfonamides is 1. The molecule has 2 rings (SSSR count). The molecule has 0 atom stereocenters. The van der Waals surface area contributed by atoms with E-state index in [0.717, 1.165) is 36.6 Å². The predicted octanol–water partition coefficient (Wildman–Crippen LogP) is 4.45. The Morgan fingerprint density at radius 3 is 2.41 bits per heavy atom. The van der Waals surface area contributed by atoms with Gasteiger partial charge in [0.25, 0.3) is 6.43 Å². The maximum Gasteiger partial charge on any atom is 0.416 e. The Morgan fingerprint density at radius 1 is 1.19 bits per heavy atom. The summed E-state index contributed by atoms with van der Waals surface area (Å²) in [6, 6.07) is 6.75. The molecule has 0 saturated carbocycles. The first-order valence-electron chi connectivity index (χ1n) is 8.71. The lowest BCUT2D eigenvalue weighted by atomic mass is 10.1. The van der Waals surface area contributed by atoms with Crippen molar-refractivity contribution in [3.8, 4) is 0 Å². The fraction of sp³-hybridized carbons (Fsp3) is 0.263. The molecule has 0 aromatic heterocycles. The predicted molar refractivity (Wildman–Crippen MR) is 107 cm³/mol. The van der Waals surface area contributed by atoms with Crippen LogP contribution in [0.25, 0.3) is 0 Å². The van der Waals surface area contributed by atoms with Crippen LogP contribution in [0.4, 0.5) is 32.0 Å². The molecule has 6 nitrogen and oxygen atoms in total. The highest BCUT2D eigenvalue weighted by molar-refractivity contribution is 7.92. The number of halogens is 6. The summed E-state index contributed by atoms with van der Waals surface area (Å²) in [5.41, 5.74) is -1.67. The van der Waals surface area contributed by atoms with E-state index in [-0.39, 0.29) is 16.8 Å². The molecule has 0 fully saturated rings. The van der Waals surface area contributed by atoms with Gasteiger partial charge in [0.15, 0.2) is 6.61 Å². The Morgan fingerprint density at radius 2 is 1.88 bits per heavy atom. The zero-order chi connectivity index (χ0) is 24.1. The first kappa shape index (κ1) is 25.2. The van der Waals surface area contributed by atoms with Gasteiger partial charge in [0.1, 0.15) is 5.82 Å². The topological polar surface area (TPSA) is 71.3 Å². The SMILES string of the molecule is C=N/N=C(\OCC(F)F)c1ccc(CN(c2cccc(C(F)(F)F)c2)S(C)(=O)=O)c(F)c1. The summed E-state index contributed by atoms with van der Waals surface area (Å²) in [5.74, 6) is -1.41. The van der Waals surface area contributed by atoms with E-state index in [0.29, 0.717) is 10.4 Å². The van der Waals surface area contributed by atoms with Gasteiger partial charge in [0.05, 0.1) is 24.1 Å². The smallest absolute Gasteiger partial charge is 0.416 e. The molecule has 2 aromatic rings. The van der Waals surface area contributed by atoms with Gasteiger partial charge in [-0.1, -0.05) is 12.1 Å². The maximum atomic E-state index is 14.7. The van der Waals surface area contributed by atoms with Crippen molar-refractivity contribution in [1.29, 1.82) is 0 Å². The normalized spacial score (nSPS) is 12.7. The zero-order valence-corrected chi connectivity index (χ0v) is 17.3. The molecule has 2 aromatic carbocycles. The quantitative estimate of drug-likeness (QED) is 0.242. The number of ether oxygens (including phenoxy) is 1. The summed E-state index contributed by atoms with van der Waals surface area (Å²) in [6.07, 6.45) is -6.78. The summed E-state index contributed by atoms with van der Waals surface area (Å²) in [5, 5.41) is 6.57. The Labute approximate surface area is 179 Å². The van der Waals surface area contributed by atoms with Crippen molar-refractivity contribution in [2.24, 2.45) is 10.2 Å². The largest absolute Gasteiger partial charge is 0.470 e. The molecule has 0 saturated heterocycles. The number of benzene rings is 2. The van der Waals surface area contributed by atoms with Gasteiger partial charge in [-0.2, -0.15) is 18.3 Å². The molecule has 0 unspecified atom stereocenters. The van der Waals surface area contributed by atoms with Crippen LogP contribution in [0.1, 0.15) is 16.7 Å². The number of alkyl halides is 5. The van der Waals surface area contributed by atoms with Crippen molar-refractivity contribution in [2.75, 3.05) is 17.2 Å². The average Bonchev–Trinajstić information content (AvgIpc) is 2.68. The third kappa shape index (κ3) is 6.70. The van der Waals surface area contributed by atoms with E-state index in [1.165, 1.54) is 6.07 Å². The second-order valence-corrected chi connectivity index (χ2v) is 8.28. The Bertz CT molecular complexity index is 1100. The molecule has 0 aliphatic carbocycles. The van der Waals surface area contributed by atoms with E-state index in [9.17, 15) is 34.8 Å². The van der Waals surface area contributed by atoms with Crippen molar-refractivity contribution < 1.29 is 39.5 Å². The van der Waals surface area contributed by atoms with Gasteiger partial charge in [0, 0.05) is 17.8 Å². The molecule has 0 radical (unpaired) electrons. The van der Waals surface area contributed by atoms with Crippen LogP contribution in [0.15, 0.2) is 52.7 Å². The minimum absolute atomic E-state index is 0.0794. The summed E-state index contributed by atoms with van der Waals surface area (Å²) < 4.78 is 108. The molecular formula is C19H17F6N3O3S. The summed E-state index contributed by atoms with van der Waals surface area (Å²) in [6.45, 7) is 1.40. The van der Waals surface area contributed by atoms with Crippen LogP contribution >= 0.6 is 0 Å². The van der Waals surface area contributed by atoms with Gasteiger partial charge in [-0.05, 0) is 30.3 Å². The number of rotatable bonds is 8. The summed E-state index contributed by atoms with van der Waals surface area (Å²) in [7, 11) is -4.10. The minimum atomic E-state index is -4.71. The third-order valence-electron chi connectivity index (χ3n) is 3.98. The van der Waals surface area contributed by atoms with E-state index < -0.39 is 53.1 Å². The molecule has 0 aliphatic rings. The van der Waals surface area contributed by atoms with Gasteiger partial charge in [-0.15, -0.1) is 5.10 Å². The number of anilines is 1. The van der Waals surface area contributed by atoms with Gasteiger partial charge >= 0.3 is 6.18 Å². The van der Waals surface area contributed by atoms with E-state index in [1.807, 2.05) is 0 Å². The molecule has 0 spiro atoms. The zero-order valence-electron chi connectivity index (χ0n) is 16.5. The highest BCUT2D eigenvalue weighted by atomic mass is 32.2. The number of hydrogen-bond acceptors (Lipinski definition) is 5. The monoisotopic (exact) mass is 481 g/mol. The van der Waals surface area contributed by atoms with E-state index in [4.69, 9.17) is 4.74 Å². The van der Waals surface area contributed by atoms with Crippen molar-refractivity contribution in [1.82, 2.24) is 0 Å². The maximum absolute atomic E-state index is 14.7. The first-order valence-corrected chi connectivity index (χ1v) is 10.6. The van der Waals surface area contributed by atoms with Crippen LogP contribution < -0.4 is 4.31 Å². The molecule has 0 amide bonds. The molecule has 32 heavy (non-hydrogen) atoms. The van der Waals surface area contributed by atoms with Crippen molar-refractivity contribution in [3.63, 3.8) is 0 Å². The number of hydrogen-bond donors (Lipinski definition) is 0. The van der Waals surface area contributed by atoms with Gasteiger partial charge in [-0.25, -0.2) is 21.6 Å². The molecule has 0 bridgehead atoms. The second-order valence-electron chi connectivity index (χ2n) is 6.37. The van der Waals surface area contributed by atoms with E-state index in [1.54, 1.807) is 0 Å². The highest BCUT2D eigenvalue weighted by Gasteiger charge is 2.31. The lowest BCUT2D eigenvalue weighted by Crippen LogP contribution is -2.30. The Kier molecular flexibility index (Phi) is 7.88. The van der Waals surface area contributed by atoms with Crippen molar-refractivity contribution in [2.45, 2.75) is 19.1 Å². The highest BCUT2D eigenvalue weighted by Crippen LogP contribution is 2.33. The lowest BCUT2D eigenvalue weighted by molar-refractivity contribution is -0.137. The number of nitrogens with zero attached hydrogens (tertiary/aromatic N) is 3.